The van der Waals surface area contributed by atoms with E-state index in [9.17, 15) is 13.2 Å². The summed E-state index contributed by atoms with van der Waals surface area (Å²) in [5, 5.41) is 14.7. The Morgan fingerprint density at radius 3 is 2.75 bits per heavy atom. The van der Waals surface area contributed by atoms with Crippen molar-refractivity contribution in [2.24, 2.45) is 5.14 Å². The molecule has 1 amide bonds. The molecule has 0 spiro atoms. The molecule has 0 radical (unpaired) electrons. The standard InChI is InChI=1S/C11H21N5O3S/c1-2-4-13-5-6-14-11(17)3-7-16-9-10(8-15-16)20(12,18)19/h8-9,13H,2-7H2,1H3,(H,14,17)(H2,12,18,19). The maximum Gasteiger partial charge on any atom is 0.241 e. The molecule has 0 aromatic carbocycles. The van der Waals surface area contributed by atoms with E-state index in [1.807, 2.05) is 0 Å². The van der Waals surface area contributed by atoms with Gasteiger partial charge in [0.25, 0.3) is 0 Å². The van der Waals surface area contributed by atoms with Gasteiger partial charge in [0, 0.05) is 32.3 Å². The highest BCUT2D eigenvalue weighted by Crippen LogP contribution is 2.04. The molecule has 20 heavy (non-hydrogen) atoms. The molecule has 1 heterocycles. The summed E-state index contributed by atoms with van der Waals surface area (Å²) in [6.45, 7) is 4.62. The van der Waals surface area contributed by atoms with Crippen LogP contribution < -0.4 is 15.8 Å². The van der Waals surface area contributed by atoms with Crippen molar-refractivity contribution in [2.75, 3.05) is 19.6 Å². The normalized spacial score (nSPS) is 11.5. The van der Waals surface area contributed by atoms with E-state index < -0.39 is 10.0 Å². The SMILES string of the molecule is CCCNCCNC(=O)CCn1cc(S(N)(=O)=O)cn1. The van der Waals surface area contributed by atoms with Gasteiger partial charge in [0.1, 0.15) is 4.90 Å². The van der Waals surface area contributed by atoms with Crippen LogP contribution in [-0.2, 0) is 21.4 Å². The number of aryl methyl sites for hydroxylation is 1. The van der Waals surface area contributed by atoms with Crippen LogP contribution in [0.1, 0.15) is 19.8 Å². The largest absolute Gasteiger partial charge is 0.355 e. The molecule has 0 fully saturated rings. The number of hydrogen-bond acceptors (Lipinski definition) is 5. The Labute approximate surface area is 118 Å². The summed E-state index contributed by atoms with van der Waals surface area (Å²) in [7, 11) is -3.74. The van der Waals surface area contributed by atoms with E-state index in [0.717, 1.165) is 19.5 Å². The van der Waals surface area contributed by atoms with E-state index in [4.69, 9.17) is 5.14 Å². The lowest BCUT2D eigenvalue weighted by molar-refractivity contribution is -0.121. The highest BCUT2D eigenvalue weighted by atomic mass is 32.2. The second kappa shape index (κ2) is 7.98. The van der Waals surface area contributed by atoms with Gasteiger partial charge in [0.15, 0.2) is 0 Å². The number of nitrogens with one attached hydrogen (secondary N) is 2. The van der Waals surface area contributed by atoms with Crippen LogP contribution in [0.25, 0.3) is 0 Å². The predicted molar refractivity (Wildman–Crippen MR) is 74.4 cm³/mol. The highest BCUT2D eigenvalue weighted by molar-refractivity contribution is 7.89. The summed E-state index contributed by atoms with van der Waals surface area (Å²) < 4.78 is 23.5. The topological polar surface area (TPSA) is 119 Å². The molecular formula is C11H21N5O3S. The number of amides is 1. The second-order valence-corrected chi connectivity index (χ2v) is 5.90. The Morgan fingerprint density at radius 1 is 1.40 bits per heavy atom. The van der Waals surface area contributed by atoms with Crippen molar-refractivity contribution in [2.45, 2.75) is 31.2 Å². The van der Waals surface area contributed by atoms with E-state index >= 15 is 0 Å². The van der Waals surface area contributed by atoms with Crippen LogP contribution >= 0.6 is 0 Å². The Kier molecular flexibility index (Phi) is 6.62. The molecule has 0 saturated carbocycles. The molecule has 114 valence electrons. The number of aromatic nitrogens is 2. The number of sulfonamides is 1. The van der Waals surface area contributed by atoms with Crippen LogP contribution in [0.5, 0.6) is 0 Å². The smallest absolute Gasteiger partial charge is 0.241 e. The maximum atomic E-state index is 11.5. The van der Waals surface area contributed by atoms with Crippen LogP contribution in [0.2, 0.25) is 0 Å². The lowest BCUT2D eigenvalue weighted by Gasteiger charge is -2.06. The van der Waals surface area contributed by atoms with Gasteiger partial charge in [0.2, 0.25) is 15.9 Å². The second-order valence-electron chi connectivity index (χ2n) is 4.33. The van der Waals surface area contributed by atoms with E-state index in [1.165, 1.54) is 17.1 Å². The summed E-state index contributed by atoms with van der Waals surface area (Å²) in [5.41, 5.74) is 0. The number of nitrogens with zero attached hydrogens (tertiary/aromatic N) is 2. The summed E-state index contributed by atoms with van der Waals surface area (Å²) in [5.74, 6) is -0.101. The maximum absolute atomic E-state index is 11.5. The zero-order chi connectivity index (χ0) is 15.0. The molecule has 4 N–H and O–H groups in total. The lowest BCUT2D eigenvalue weighted by Crippen LogP contribution is -2.32. The molecule has 1 aromatic heterocycles. The minimum absolute atomic E-state index is 0.0540. The Morgan fingerprint density at radius 2 is 2.15 bits per heavy atom. The van der Waals surface area contributed by atoms with Gasteiger partial charge >= 0.3 is 0 Å². The van der Waals surface area contributed by atoms with Crippen molar-refractivity contribution in [3.63, 3.8) is 0 Å². The molecule has 1 aromatic rings. The summed E-state index contributed by atoms with van der Waals surface area (Å²) in [6, 6.07) is 0. The summed E-state index contributed by atoms with van der Waals surface area (Å²) >= 11 is 0. The van der Waals surface area contributed by atoms with E-state index in [2.05, 4.69) is 22.7 Å². The first kappa shape index (κ1) is 16.6. The molecule has 9 heteroatoms. The van der Waals surface area contributed by atoms with Crippen LogP contribution in [0.4, 0.5) is 0 Å². The zero-order valence-electron chi connectivity index (χ0n) is 11.5. The van der Waals surface area contributed by atoms with Crippen LogP contribution in [0.3, 0.4) is 0 Å². The van der Waals surface area contributed by atoms with Gasteiger partial charge in [-0.05, 0) is 13.0 Å². The van der Waals surface area contributed by atoms with Crippen molar-refractivity contribution in [3.05, 3.63) is 12.4 Å². The monoisotopic (exact) mass is 303 g/mol. The number of rotatable bonds is 9. The van der Waals surface area contributed by atoms with Crippen molar-refractivity contribution >= 4 is 15.9 Å². The summed E-state index contributed by atoms with van der Waals surface area (Å²) in [4.78, 5) is 11.5. The molecule has 0 aliphatic carbocycles. The van der Waals surface area contributed by atoms with Crippen LogP contribution in [0, 0.1) is 0 Å². The van der Waals surface area contributed by atoms with Gasteiger partial charge in [-0.2, -0.15) is 5.10 Å². The fourth-order valence-electron chi connectivity index (χ4n) is 1.51. The first-order valence-corrected chi connectivity index (χ1v) is 8.00. The van der Waals surface area contributed by atoms with E-state index in [0.29, 0.717) is 13.1 Å². The number of carbonyl (C=O) groups excluding carboxylic acids is 1. The van der Waals surface area contributed by atoms with Crippen molar-refractivity contribution in [3.8, 4) is 0 Å². The third kappa shape index (κ3) is 6.13. The van der Waals surface area contributed by atoms with E-state index in [1.54, 1.807) is 0 Å². The number of hydrogen-bond donors (Lipinski definition) is 3. The Hall–Kier alpha value is -1.45. The van der Waals surface area contributed by atoms with Gasteiger partial charge < -0.3 is 10.6 Å². The van der Waals surface area contributed by atoms with Gasteiger partial charge in [0.05, 0.1) is 6.20 Å². The highest BCUT2D eigenvalue weighted by Gasteiger charge is 2.11. The average molecular weight is 303 g/mol. The predicted octanol–water partition coefficient (Wildman–Crippen LogP) is -0.964. The Bertz CT molecular complexity index is 526. The molecule has 0 bridgehead atoms. The zero-order valence-corrected chi connectivity index (χ0v) is 12.3. The van der Waals surface area contributed by atoms with Gasteiger partial charge in [-0.1, -0.05) is 6.92 Å². The molecule has 0 aliphatic heterocycles. The molecular weight excluding hydrogens is 282 g/mol. The van der Waals surface area contributed by atoms with Gasteiger partial charge in [-0.25, -0.2) is 13.6 Å². The van der Waals surface area contributed by atoms with Crippen molar-refractivity contribution in [1.82, 2.24) is 20.4 Å². The molecule has 8 nitrogen and oxygen atoms in total. The van der Waals surface area contributed by atoms with Crippen LogP contribution in [-0.4, -0.2) is 43.7 Å². The number of carbonyl (C=O) groups is 1. The molecule has 0 atom stereocenters. The minimum atomic E-state index is -3.74. The fourth-order valence-corrected chi connectivity index (χ4v) is 1.97. The third-order valence-corrected chi connectivity index (χ3v) is 3.42. The Balaban J connectivity index is 2.26. The van der Waals surface area contributed by atoms with Crippen molar-refractivity contribution < 1.29 is 13.2 Å². The average Bonchev–Trinajstić information content (AvgIpc) is 2.85. The quantitative estimate of drug-likeness (QED) is 0.507. The van der Waals surface area contributed by atoms with Gasteiger partial charge in [-0.15, -0.1) is 0 Å². The molecule has 0 unspecified atom stereocenters. The first-order valence-electron chi connectivity index (χ1n) is 6.46. The molecule has 0 aliphatic rings. The van der Waals surface area contributed by atoms with Crippen molar-refractivity contribution in [1.29, 1.82) is 0 Å². The number of nitrogens with two attached hydrogens (primary N) is 1. The first-order chi connectivity index (χ1) is 9.43. The van der Waals surface area contributed by atoms with Crippen LogP contribution in [0.15, 0.2) is 17.3 Å². The van der Waals surface area contributed by atoms with Gasteiger partial charge in [-0.3, -0.25) is 9.48 Å². The van der Waals surface area contributed by atoms with E-state index in [-0.39, 0.29) is 17.2 Å². The third-order valence-electron chi connectivity index (χ3n) is 2.56. The lowest BCUT2D eigenvalue weighted by atomic mass is 10.4. The molecule has 1 rings (SSSR count). The fraction of sp³-hybridized carbons (Fsp3) is 0.636. The minimum Gasteiger partial charge on any atom is -0.355 e. The molecule has 0 saturated heterocycles. The summed E-state index contributed by atoms with van der Waals surface area (Å²) in [6.07, 6.45) is 3.77. The number of primary sulfonamides is 1.